The molecular formula is C30H22O4. The van der Waals surface area contributed by atoms with Gasteiger partial charge in [0.1, 0.15) is 11.5 Å². The first-order chi connectivity index (χ1) is 16.7. The van der Waals surface area contributed by atoms with Gasteiger partial charge in [-0.3, -0.25) is 0 Å². The molecule has 4 aromatic rings. The Balaban J connectivity index is 1.59. The molecule has 0 amide bonds. The summed E-state index contributed by atoms with van der Waals surface area (Å²) in [6.45, 7) is 0. The van der Waals surface area contributed by atoms with Gasteiger partial charge in [-0.2, -0.15) is 0 Å². The lowest BCUT2D eigenvalue weighted by Gasteiger charge is -2.11. The van der Waals surface area contributed by atoms with E-state index in [0.29, 0.717) is 11.1 Å². The summed E-state index contributed by atoms with van der Waals surface area (Å²) < 4.78 is 11.0. The standard InChI is InChI=1S/C30H22O4/c31-29(33-27(25-17-9-3-10-18-25)21-23-13-5-1-6-14-23)30(32)34-28(26-19-11-4-12-20-26)22-24-15-7-2-8-16-24/h1-22H. The Morgan fingerprint density at radius 3 is 1.06 bits per heavy atom. The van der Waals surface area contributed by atoms with Crippen molar-refractivity contribution >= 4 is 35.6 Å². The molecule has 0 radical (unpaired) electrons. The van der Waals surface area contributed by atoms with Crippen molar-refractivity contribution in [3.8, 4) is 0 Å². The normalized spacial score (nSPS) is 11.5. The van der Waals surface area contributed by atoms with Crippen LogP contribution in [0.5, 0.6) is 0 Å². The fourth-order valence-electron chi connectivity index (χ4n) is 3.23. The molecule has 0 unspecified atom stereocenters. The van der Waals surface area contributed by atoms with Crippen LogP contribution in [0.3, 0.4) is 0 Å². The van der Waals surface area contributed by atoms with Crippen LogP contribution >= 0.6 is 0 Å². The molecule has 4 rings (SSSR count). The molecule has 0 spiro atoms. The third-order valence-corrected chi connectivity index (χ3v) is 4.88. The molecule has 0 atom stereocenters. The lowest BCUT2D eigenvalue weighted by Crippen LogP contribution is -2.19. The Kier molecular flexibility index (Phi) is 7.44. The van der Waals surface area contributed by atoms with Crippen LogP contribution in [0.4, 0.5) is 0 Å². The van der Waals surface area contributed by atoms with Crippen LogP contribution in [0.1, 0.15) is 22.3 Å². The maximum Gasteiger partial charge on any atom is 0.423 e. The fraction of sp³-hybridized carbons (Fsp3) is 0. The summed E-state index contributed by atoms with van der Waals surface area (Å²) >= 11 is 0. The number of carbonyl (C=O) groups is 2. The minimum atomic E-state index is -1.11. The molecule has 0 bridgehead atoms. The number of hydrogen-bond acceptors (Lipinski definition) is 4. The number of hydrogen-bond donors (Lipinski definition) is 0. The lowest BCUT2D eigenvalue weighted by atomic mass is 10.1. The number of esters is 2. The molecule has 0 aliphatic heterocycles. The Bertz CT molecular complexity index is 1190. The van der Waals surface area contributed by atoms with E-state index in [1.165, 1.54) is 0 Å². The topological polar surface area (TPSA) is 52.6 Å². The van der Waals surface area contributed by atoms with Crippen molar-refractivity contribution in [3.63, 3.8) is 0 Å². The van der Waals surface area contributed by atoms with Crippen LogP contribution in [-0.4, -0.2) is 11.9 Å². The third-order valence-electron chi connectivity index (χ3n) is 4.88. The summed E-state index contributed by atoms with van der Waals surface area (Å²) in [7, 11) is 0. The van der Waals surface area contributed by atoms with Gasteiger partial charge in [-0.25, -0.2) is 9.59 Å². The second kappa shape index (κ2) is 11.2. The lowest BCUT2D eigenvalue weighted by molar-refractivity contribution is -0.159. The summed E-state index contributed by atoms with van der Waals surface area (Å²) in [5.41, 5.74) is 2.99. The molecule has 0 N–H and O–H groups in total. The maximum atomic E-state index is 12.8. The van der Waals surface area contributed by atoms with Crippen molar-refractivity contribution in [1.29, 1.82) is 0 Å². The van der Waals surface area contributed by atoms with Gasteiger partial charge in [-0.1, -0.05) is 121 Å². The fourth-order valence-corrected chi connectivity index (χ4v) is 3.23. The second-order valence-electron chi connectivity index (χ2n) is 7.35. The van der Waals surface area contributed by atoms with Gasteiger partial charge < -0.3 is 9.47 Å². The summed E-state index contributed by atoms with van der Waals surface area (Å²) in [5.74, 6) is -1.72. The van der Waals surface area contributed by atoms with Gasteiger partial charge in [0.05, 0.1) is 0 Å². The van der Waals surface area contributed by atoms with Crippen LogP contribution < -0.4 is 0 Å². The maximum absolute atomic E-state index is 12.8. The molecule has 0 saturated heterocycles. The third kappa shape index (κ3) is 6.17. The highest BCUT2D eigenvalue weighted by Gasteiger charge is 2.23. The monoisotopic (exact) mass is 446 g/mol. The molecule has 4 heteroatoms. The van der Waals surface area contributed by atoms with E-state index >= 15 is 0 Å². The predicted molar refractivity (Wildman–Crippen MR) is 134 cm³/mol. The van der Waals surface area contributed by atoms with Crippen molar-refractivity contribution in [2.24, 2.45) is 0 Å². The van der Waals surface area contributed by atoms with Crippen molar-refractivity contribution in [1.82, 2.24) is 0 Å². The van der Waals surface area contributed by atoms with E-state index in [4.69, 9.17) is 9.47 Å². The molecule has 0 fully saturated rings. The quantitative estimate of drug-likeness (QED) is 0.147. The first-order valence-electron chi connectivity index (χ1n) is 10.8. The SMILES string of the molecule is O=C(OC(=Cc1ccccc1)c1ccccc1)C(=O)OC(=Cc1ccccc1)c1ccccc1. The van der Waals surface area contributed by atoms with Gasteiger partial charge in [0.15, 0.2) is 0 Å². The van der Waals surface area contributed by atoms with Crippen molar-refractivity contribution in [3.05, 3.63) is 144 Å². The van der Waals surface area contributed by atoms with Gasteiger partial charge in [0, 0.05) is 11.1 Å². The van der Waals surface area contributed by atoms with Crippen LogP contribution in [0.15, 0.2) is 121 Å². The molecule has 0 heterocycles. The van der Waals surface area contributed by atoms with Crippen LogP contribution in [-0.2, 0) is 19.1 Å². The van der Waals surface area contributed by atoms with Crippen molar-refractivity contribution in [2.45, 2.75) is 0 Å². The van der Waals surface area contributed by atoms with E-state index in [2.05, 4.69) is 0 Å². The van der Waals surface area contributed by atoms with E-state index in [0.717, 1.165) is 11.1 Å². The molecule has 166 valence electrons. The van der Waals surface area contributed by atoms with Crippen LogP contribution in [0.2, 0.25) is 0 Å². The Morgan fingerprint density at radius 2 is 0.735 bits per heavy atom. The Morgan fingerprint density at radius 1 is 0.441 bits per heavy atom. The van der Waals surface area contributed by atoms with E-state index in [-0.39, 0.29) is 11.5 Å². The van der Waals surface area contributed by atoms with Gasteiger partial charge in [-0.05, 0) is 23.3 Å². The molecule has 4 aromatic carbocycles. The highest BCUT2D eigenvalue weighted by atomic mass is 16.6. The van der Waals surface area contributed by atoms with E-state index in [1.54, 1.807) is 36.4 Å². The highest BCUT2D eigenvalue weighted by molar-refractivity contribution is 6.32. The minimum absolute atomic E-state index is 0.252. The van der Waals surface area contributed by atoms with Gasteiger partial charge in [-0.15, -0.1) is 0 Å². The predicted octanol–water partition coefficient (Wildman–Crippen LogP) is 6.47. The van der Waals surface area contributed by atoms with Gasteiger partial charge in [0.25, 0.3) is 0 Å². The van der Waals surface area contributed by atoms with Crippen LogP contribution in [0.25, 0.3) is 23.7 Å². The zero-order valence-corrected chi connectivity index (χ0v) is 18.3. The van der Waals surface area contributed by atoms with E-state index < -0.39 is 11.9 Å². The number of ether oxygens (including phenoxy) is 2. The summed E-state index contributed by atoms with van der Waals surface area (Å²) in [6.07, 6.45) is 3.41. The minimum Gasteiger partial charge on any atom is -0.417 e. The Hall–Kier alpha value is -4.70. The first-order valence-corrected chi connectivity index (χ1v) is 10.8. The van der Waals surface area contributed by atoms with Crippen LogP contribution in [0, 0.1) is 0 Å². The average Bonchev–Trinajstić information content (AvgIpc) is 2.90. The molecule has 0 saturated carbocycles. The largest absolute Gasteiger partial charge is 0.423 e. The average molecular weight is 447 g/mol. The van der Waals surface area contributed by atoms with E-state index in [9.17, 15) is 9.59 Å². The summed E-state index contributed by atoms with van der Waals surface area (Å²) in [5, 5.41) is 0. The Labute approximate surface area is 198 Å². The van der Waals surface area contributed by atoms with Gasteiger partial charge >= 0.3 is 11.9 Å². The number of rotatable bonds is 6. The van der Waals surface area contributed by atoms with Crippen molar-refractivity contribution in [2.75, 3.05) is 0 Å². The first kappa shape index (κ1) is 22.5. The molecular weight excluding hydrogens is 424 g/mol. The zero-order chi connectivity index (χ0) is 23.6. The molecule has 4 nitrogen and oxygen atoms in total. The van der Waals surface area contributed by atoms with Crippen molar-refractivity contribution < 1.29 is 19.1 Å². The summed E-state index contributed by atoms with van der Waals surface area (Å²) in [6, 6.07) is 37.1. The molecule has 0 aliphatic carbocycles. The molecule has 34 heavy (non-hydrogen) atoms. The van der Waals surface area contributed by atoms with Gasteiger partial charge in [0.2, 0.25) is 0 Å². The number of benzene rings is 4. The van der Waals surface area contributed by atoms with E-state index in [1.807, 2.05) is 97.1 Å². The smallest absolute Gasteiger partial charge is 0.417 e. The summed E-state index contributed by atoms with van der Waals surface area (Å²) in [4.78, 5) is 25.5. The molecule has 0 aromatic heterocycles. The zero-order valence-electron chi connectivity index (χ0n) is 18.3. The second-order valence-corrected chi connectivity index (χ2v) is 7.35. The number of carbonyl (C=O) groups excluding carboxylic acids is 2. The molecule has 0 aliphatic rings. The highest BCUT2D eigenvalue weighted by Crippen LogP contribution is 2.23.